The fourth-order valence-electron chi connectivity index (χ4n) is 2.07. The zero-order valence-electron chi connectivity index (χ0n) is 9.94. The van der Waals surface area contributed by atoms with Crippen LogP contribution in [0.1, 0.15) is 11.8 Å². The zero-order chi connectivity index (χ0) is 12.2. The second-order valence-electron chi connectivity index (χ2n) is 4.13. The number of anilines is 1. The molecule has 0 amide bonds. The lowest BCUT2D eigenvalue weighted by molar-refractivity contribution is 0.0367. The lowest BCUT2D eigenvalue weighted by atomic mass is 10.2. The Labute approximate surface area is 105 Å². The van der Waals surface area contributed by atoms with E-state index in [1.54, 1.807) is 12.5 Å². The highest BCUT2D eigenvalue weighted by Gasteiger charge is 2.23. The Bertz CT molecular complexity index is 445. The second-order valence-corrected chi connectivity index (χ2v) is 4.13. The molecule has 2 aromatic heterocycles. The van der Waals surface area contributed by atoms with Crippen LogP contribution in [-0.4, -0.2) is 34.6 Å². The number of aromatic nitrogens is 3. The Morgan fingerprint density at radius 1 is 1.17 bits per heavy atom. The van der Waals surface area contributed by atoms with Gasteiger partial charge in [-0.3, -0.25) is 0 Å². The molecule has 5 heteroatoms. The van der Waals surface area contributed by atoms with Crippen molar-refractivity contribution in [2.45, 2.75) is 6.10 Å². The first kappa shape index (κ1) is 11.1. The summed E-state index contributed by atoms with van der Waals surface area (Å²) in [6.45, 7) is 2.32. The van der Waals surface area contributed by atoms with Gasteiger partial charge in [0.2, 0.25) is 0 Å². The van der Waals surface area contributed by atoms with Crippen LogP contribution in [0, 0.1) is 0 Å². The average Bonchev–Trinajstić information content (AvgIpc) is 2.49. The third kappa shape index (κ3) is 2.31. The predicted octanol–water partition coefficient (Wildman–Crippen LogP) is 1.45. The first-order valence-corrected chi connectivity index (χ1v) is 5.97. The second kappa shape index (κ2) is 5.10. The normalized spacial score (nSPS) is 19.8. The van der Waals surface area contributed by atoms with Crippen molar-refractivity contribution < 1.29 is 4.74 Å². The smallest absolute Gasteiger partial charge is 0.128 e. The maximum absolute atomic E-state index is 5.76. The van der Waals surface area contributed by atoms with Crippen molar-refractivity contribution >= 4 is 5.82 Å². The number of hydrogen-bond donors (Lipinski definition) is 0. The summed E-state index contributed by atoms with van der Waals surface area (Å²) in [6, 6.07) is 7.83. The first-order valence-electron chi connectivity index (χ1n) is 5.97. The molecule has 0 aromatic carbocycles. The van der Waals surface area contributed by atoms with Crippen LogP contribution >= 0.6 is 0 Å². The minimum atomic E-state index is -0.0104. The van der Waals surface area contributed by atoms with Gasteiger partial charge in [0, 0.05) is 18.9 Å². The Balaban J connectivity index is 1.77. The van der Waals surface area contributed by atoms with Crippen LogP contribution in [0.15, 0.2) is 43.0 Å². The molecule has 1 saturated heterocycles. The van der Waals surface area contributed by atoms with Gasteiger partial charge in [0.05, 0.1) is 18.8 Å². The molecule has 1 unspecified atom stereocenters. The molecule has 3 rings (SSSR count). The minimum absolute atomic E-state index is 0.0104. The van der Waals surface area contributed by atoms with E-state index in [1.165, 1.54) is 0 Å². The highest BCUT2D eigenvalue weighted by molar-refractivity contribution is 5.38. The van der Waals surface area contributed by atoms with Crippen molar-refractivity contribution in [3.05, 3.63) is 48.7 Å². The van der Waals surface area contributed by atoms with Gasteiger partial charge in [-0.1, -0.05) is 6.07 Å². The monoisotopic (exact) mass is 242 g/mol. The number of nitrogens with zero attached hydrogens (tertiary/aromatic N) is 4. The maximum atomic E-state index is 5.76. The third-order valence-electron chi connectivity index (χ3n) is 2.97. The summed E-state index contributed by atoms with van der Waals surface area (Å²) in [5.41, 5.74) is 0.922. The molecule has 1 fully saturated rings. The van der Waals surface area contributed by atoms with Crippen LogP contribution in [0.3, 0.4) is 0 Å². The highest BCUT2D eigenvalue weighted by atomic mass is 16.5. The number of hydrogen-bond acceptors (Lipinski definition) is 5. The van der Waals surface area contributed by atoms with Gasteiger partial charge in [-0.2, -0.15) is 0 Å². The van der Waals surface area contributed by atoms with Crippen LogP contribution in [-0.2, 0) is 4.74 Å². The molecule has 1 aliphatic heterocycles. The lowest BCUT2D eigenvalue weighted by Crippen LogP contribution is -2.39. The van der Waals surface area contributed by atoms with Gasteiger partial charge < -0.3 is 9.64 Å². The molecular weight excluding hydrogens is 228 g/mol. The fourth-order valence-corrected chi connectivity index (χ4v) is 2.07. The SMILES string of the molecule is c1ccc(N2CCOC(c3ccncn3)C2)nc1. The molecule has 0 bridgehead atoms. The largest absolute Gasteiger partial charge is 0.368 e. The van der Waals surface area contributed by atoms with Crippen LogP contribution in [0.2, 0.25) is 0 Å². The summed E-state index contributed by atoms with van der Waals surface area (Å²) >= 11 is 0. The van der Waals surface area contributed by atoms with Crippen LogP contribution < -0.4 is 4.90 Å². The van der Waals surface area contributed by atoms with Crippen molar-refractivity contribution in [1.82, 2.24) is 15.0 Å². The molecule has 18 heavy (non-hydrogen) atoms. The molecule has 92 valence electrons. The molecule has 0 radical (unpaired) electrons. The van der Waals surface area contributed by atoms with Gasteiger partial charge in [-0.25, -0.2) is 15.0 Å². The number of ether oxygens (including phenoxy) is 1. The topological polar surface area (TPSA) is 51.1 Å². The molecule has 3 heterocycles. The van der Waals surface area contributed by atoms with E-state index in [1.807, 2.05) is 30.5 Å². The third-order valence-corrected chi connectivity index (χ3v) is 2.97. The van der Waals surface area contributed by atoms with E-state index >= 15 is 0 Å². The van der Waals surface area contributed by atoms with Gasteiger partial charge >= 0.3 is 0 Å². The van der Waals surface area contributed by atoms with E-state index in [2.05, 4.69) is 19.9 Å². The van der Waals surface area contributed by atoms with Crippen LogP contribution in [0.25, 0.3) is 0 Å². The van der Waals surface area contributed by atoms with E-state index in [0.717, 1.165) is 24.6 Å². The van der Waals surface area contributed by atoms with Gasteiger partial charge in [-0.05, 0) is 18.2 Å². The summed E-state index contributed by atoms with van der Waals surface area (Å²) < 4.78 is 5.76. The van der Waals surface area contributed by atoms with E-state index in [0.29, 0.717) is 6.61 Å². The molecule has 0 N–H and O–H groups in total. The van der Waals surface area contributed by atoms with E-state index < -0.39 is 0 Å². The summed E-state index contributed by atoms with van der Waals surface area (Å²) in [5, 5.41) is 0. The molecule has 0 saturated carbocycles. The number of morpholine rings is 1. The number of pyridine rings is 1. The molecule has 5 nitrogen and oxygen atoms in total. The lowest BCUT2D eigenvalue weighted by Gasteiger charge is -2.33. The van der Waals surface area contributed by atoms with Crippen molar-refractivity contribution in [2.24, 2.45) is 0 Å². The minimum Gasteiger partial charge on any atom is -0.368 e. The fraction of sp³-hybridized carbons (Fsp3) is 0.308. The van der Waals surface area contributed by atoms with Crippen molar-refractivity contribution in [3.8, 4) is 0 Å². The molecule has 1 aliphatic rings. The Hall–Kier alpha value is -2.01. The summed E-state index contributed by atoms with van der Waals surface area (Å²) in [7, 11) is 0. The highest BCUT2D eigenvalue weighted by Crippen LogP contribution is 2.22. The van der Waals surface area contributed by atoms with Gasteiger partial charge in [0.15, 0.2) is 0 Å². The standard InChI is InChI=1S/C13H14N4O/c1-2-5-15-13(3-1)17-7-8-18-12(9-17)11-4-6-14-10-16-11/h1-6,10,12H,7-9H2. The molecule has 0 spiro atoms. The summed E-state index contributed by atoms with van der Waals surface area (Å²) in [4.78, 5) is 14.8. The molecule has 0 aliphatic carbocycles. The van der Waals surface area contributed by atoms with Crippen LogP contribution in [0.5, 0.6) is 0 Å². The molecule has 1 atom stereocenters. The Morgan fingerprint density at radius 3 is 2.94 bits per heavy atom. The van der Waals surface area contributed by atoms with E-state index in [-0.39, 0.29) is 6.10 Å². The summed E-state index contributed by atoms with van der Waals surface area (Å²) in [5.74, 6) is 0.986. The van der Waals surface area contributed by atoms with E-state index in [9.17, 15) is 0 Å². The van der Waals surface area contributed by atoms with Gasteiger partial charge in [0.25, 0.3) is 0 Å². The molecule has 2 aromatic rings. The maximum Gasteiger partial charge on any atom is 0.128 e. The van der Waals surface area contributed by atoms with Gasteiger partial charge in [-0.15, -0.1) is 0 Å². The van der Waals surface area contributed by atoms with Crippen molar-refractivity contribution in [1.29, 1.82) is 0 Å². The summed E-state index contributed by atoms with van der Waals surface area (Å²) in [6.07, 6.45) is 5.10. The Kier molecular flexibility index (Phi) is 3.14. The Morgan fingerprint density at radius 2 is 2.17 bits per heavy atom. The van der Waals surface area contributed by atoms with Gasteiger partial charge in [0.1, 0.15) is 18.2 Å². The molecular formula is C13H14N4O. The predicted molar refractivity (Wildman–Crippen MR) is 67.2 cm³/mol. The van der Waals surface area contributed by atoms with Crippen LogP contribution in [0.4, 0.5) is 5.82 Å². The quantitative estimate of drug-likeness (QED) is 0.797. The number of rotatable bonds is 2. The van der Waals surface area contributed by atoms with Crippen molar-refractivity contribution in [3.63, 3.8) is 0 Å². The van der Waals surface area contributed by atoms with Crippen molar-refractivity contribution in [2.75, 3.05) is 24.6 Å². The first-order chi connectivity index (χ1) is 8.93. The zero-order valence-corrected chi connectivity index (χ0v) is 9.94. The average molecular weight is 242 g/mol. The van der Waals surface area contributed by atoms with E-state index in [4.69, 9.17) is 4.74 Å².